The predicted molar refractivity (Wildman–Crippen MR) is 77.0 cm³/mol. The molecule has 1 aliphatic heterocycles. The molecule has 4 heteroatoms. The lowest BCUT2D eigenvalue weighted by molar-refractivity contribution is 0.0888. The van der Waals surface area contributed by atoms with E-state index >= 15 is 0 Å². The number of hydrogen-bond donors (Lipinski definition) is 1. The van der Waals surface area contributed by atoms with E-state index in [1.807, 2.05) is 10.4 Å². The Kier molecular flexibility index (Phi) is 3.69. The second-order valence-electron chi connectivity index (χ2n) is 5.48. The van der Waals surface area contributed by atoms with Crippen LogP contribution in [-0.4, -0.2) is 21.1 Å². The highest BCUT2D eigenvalue weighted by molar-refractivity contribution is 7.97. The molecule has 2 aliphatic rings. The minimum absolute atomic E-state index is 0.0479. The number of phenolic OH excluding ortho intramolecular Hbond substituents is 1. The van der Waals surface area contributed by atoms with Gasteiger partial charge in [-0.25, -0.2) is 0 Å². The first kappa shape index (κ1) is 12.9. The van der Waals surface area contributed by atoms with Gasteiger partial charge in [0.05, 0.1) is 6.54 Å². The minimum Gasteiger partial charge on any atom is -0.508 e. The Labute approximate surface area is 118 Å². The van der Waals surface area contributed by atoms with Gasteiger partial charge < -0.3 is 5.11 Å². The van der Waals surface area contributed by atoms with Crippen molar-refractivity contribution >= 4 is 17.9 Å². The maximum atomic E-state index is 12.2. The Hall–Kier alpha value is -1.16. The van der Waals surface area contributed by atoms with Crippen molar-refractivity contribution in [2.24, 2.45) is 5.92 Å². The molecule has 1 aromatic rings. The number of benzene rings is 1. The summed E-state index contributed by atoms with van der Waals surface area (Å²) >= 11 is 1.66. The van der Waals surface area contributed by atoms with Gasteiger partial charge in [0.1, 0.15) is 5.75 Å². The number of aromatic hydroxyl groups is 1. The third-order valence-electron chi connectivity index (χ3n) is 4.06. The molecule has 0 unspecified atom stereocenters. The van der Waals surface area contributed by atoms with Crippen molar-refractivity contribution < 1.29 is 9.90 Å². The van der Waals surface area contributed by atoms with E-state index in [0.717, 1.165) is 17.2 Å². The van der Waals surface area contributed by atoms with Crippen molar-refractivity contribution in [3.05, 3.63) is 29.3 Å². The number of amides is 1. The van der Waals surface area contributed by atoms with Crippen LogP contribution in [0.15, 0.2) is 18.2 Å². The minimum atomic E-state index is 0.0479. The molecule has 3 nitrogen and oxygen atoms in total. The molecular weight excluding hydrogens is 258 g/mol. The van der Waals surface area contributed by atoms with Crippen LogP contribution in [0.25, 0.3) is 0 Å². The Balaban J connectivity index is 1.60. The van der Waals surface area contributed by atoms with Crippen molar-refractivity contribution in [3.8, 4) is 5.75 Å². The second kappa shape index (κ2) is 5.45. The molecular formula is C15H19NO2S. The summed E-state index contributed by atoms with van der Waals surface area (Å²) in [6, 6.07) is 5.09. The number of nitrogens with zero attached hydrogens (tertiary/aromatic N) is 1. The zero-order chi connectivity index (χ0) is 13.2. The van der Waals surface area contributed by atoms with Gasteiger partial charge >= 0.3 is 0 Å². The molecule has 102 valence electrons. The van der Waals surface area contributed by atoms with Crippen LogP contribution in [0.2, 0.25) is 0 Å². The van der Waals surface area contributed by atoms with Crippen molar-refractivity contribution in [2.75, 3.05) is 5.75 Å². The highest BCUT2D eigenvalue weighted by Gasteiger charge is 2.29. The molecule has 0 aromatic heterocycles. The molecule has 0 bridgehead atoms. The first-order chi connectivity index (χ1) is 9.24. The number of carbonyl (C=O) groups is 1. The van der Waals surface area contributed by atoms with Crippen LogP contribution in [0.5, 0.6) is 5.75 Å². The third kappa shape index (κ3) is 2.73. The average molecular weight is 277 g/mol. The summed E-state index contributed by atoms with van der Waals surface area (Å²) < 4.78 is 1.85. The van der Waals surface area contributed by atoms with Gasteiger partial charge in [0.2, 0.25) is 0 Å². The summed E-state index contributed by atoms with van der Waals surface area (Å²) in [5.41, 5.74) is 1.69. The molecule has 1 amide bonds. The van der Waals surface area contributed by atoms with Crippen LogP contribution in [0.1, 0.15) is 48.0 Å². The lowest BCUT2D eigenvalue weighted by Gasteiger charge is -2.23. The predicted octanol–water partition coefficient (Wildman–Crippen LogP) is 3.58. The summed E-state index contributed by atoms with van der Waals surface area (Å²) in [6.07, 6.45) is 6.67. The van der Waals surface area contributed by atoms with Crippen LogP contribution < -0.4 is 0 Å². The van der Waals surface area contributed by atoms with Crippen LogP contribution in [-0.2, 0) is 6.54 Å². The topological polar surface area (TPSA) is 40.5 Å². The normalized spacial score (nSPS) is 19.8. The molecule has 1 fully saturated rings. The molecule has 0 saturated heterocycles. The highest BCUT2D eigenvalue weighted by atomic mass is 32.2. The first-order valence-corrected chi connectivity index (χ1v) is 7.95. The van der Waals surface area contributed by atoms with Gasteiger partial charge in [-0.15, -0.1) is 0 Å². The van der Waals surface area contributed by atoms with E-state index in [2.05, 4.69) is 0 Å². The SMILES string of the molecule is O=C1c2cc(O)ccc2CN1SCC1CCCCC1. The van der Waals surface area contributed by atoms with Crippen LogP contribution in [0.3, 0.4) is 0 Å². The smallest absolute Gasteiger partial charge is 0.264 e. The lowest BCUT2D eigenvalue weighted by atomic mass is 9.91. The Morgan fingerprint density at radius 3 is 2.84 bits per heavy atom. The van der Waals surface area contributed by atoms with Gasteiger partial charge in [0, 0.05) is 11.3 Å². The van der Waals surface area contributed by atoms with E-state index in [9.17, 15) is 9.90 Å². The van der Waals surface area contributed by atoms with Crippen molar-refractivity contribution in [1.29, 1.82) is 0 Å². The maximum Gasteiger partial charge on any atom is 0.264 e. The summed E-state index contributed by atoms with van der Waals surface area (Å²) in [5.74, 6) is 2.03. The fourth-order valence-electron chi connectivity index (χ4n) is 2.92. The molecule has 0 radical (unpaired) electrons. The highest BCUT2D eigenvalue weighted by Crippen LogP contribution is 2.33. The quantitative estimate of drug-likeness (QED) is 0.859. The van der Waals surface area contributed by atoms with Crippen LogP contribution in [0.4, 0.5) is 0 Å². The summed E-state index contributed by atoms with van der Waals surface area (Å²) in [4.78, 5) is 12.2. The molecule has 1 heterocycles. The van der Waals surface area contributed by atoms with E-state index < -0.39 is 0 Å². The van der Waals surface area contributed by atoms with Gasteiger partial charge in [0.15, 0.2) is 0 Å². The molecule has 1 saturated carbocycles. The molecule has 1 aromatic carbocycles. The number of rotatable bonds is 3. The molecule has 3 rings (SSSR count). The molecule has 1 N–H and O–H groups in total. The Morgan fingerprint density at radius 2 is 2.05 bits per heavy atom. The van der Waals surface area contributed by atoms with Crippen molar-refractivity contribution in [2.45, 2.75) is 38.6 Å². The zero-order valence-electron chi connectivity index (χ0n) is 11.0. The van der Waals surface area contributed by atoms with Crippen molar-refractivity contribution in [1.82, 2.24) is 4.31 Å². The van der Waals surface area contributed by atoms with Gasteiger partial charge in [-0.2, -0.15) is 0 Å². The van der Waals surface area contributed by atoms with Gasteiger partial charge in [0.25, 0.3) is 5.91 Å². The summed E-state index contributed by atoms with van der Waals surface area (Å²) in [6.45, 7) is 0.672. The second-order valence-corrected chi connectivity index (χ2v) is 6.52. The summed E-state index contributed by atoms with van der Waals surface area (Å²) in [7, 11) is 0. The maximum absolute atomic E-state index is 12.2. The number of phenols is 1. The van der Waals surface area contributed by atoms with Gasteiger partial charge in [-0.1, -0.05) is 25.3 Å². The van der Waals surface area contributed by atoms with Gasteiger partial charge in [-0.3, -0.25) is 9.10 Å². The number of fused-ring (bicyclic) bond motifs is 1. The number of hydrogen-bond acceptors (Lipinski definition) is 3. The van der Waals surface area contributed by atoms with Gasteiger partial charge in [-0.05, 0) is 48.4 Å². The molecule has 0 spiro atoms. The zero-order valence-corrected chi connectivity index (χ0v) is 11.8. The first-order valence-electron chi connectivity index (χ1n) is 7.01. The van der Waals surface area contributed by atoms with Crippen LogP contribution >= 0.6 is 11.9 Å². The van der Waals surface area contributed by atoms with Crippen LogP contribution in [0, 0.1) is 5.92 Å². The number of carbonyl (C=O) groups excluding carboxylic acids is 1. The van der Waals surface area contributed by atoms with E-state index in [0.29, 0.717) is 12.1 Å². The third-order valence-corrected chi connectivity index (χ3v) is 5.28. The molecule has 0 atom stereocenters. The Morgan fingerprint density at radius 1 is 1.26 bits per heavy atom. The van der Waals surface area contributed by atoms with E-state index in [4.69, 9.17) is 0 Å². The lowest BCUT2D eigenvalue weighted by Crippen LogP contribution is -2.19. The van der Waals surface area contributed by atoms with E-state index in [-0.39, 0.29) is 11.7 Å². The largest absolute Gasteiger partial charge is 0.508 e. The van der Waals surface area contributed by atoms with E-state index in [1.165, 1.54) is 32.1 Å². The van der Waals surface area contributed by atoms with Crippen molar-refractivity contribution in [3.63, 3.8) is 0 Å². The summed E-state index contributed by atoms with van der Waals surface area (Å²) in [5, 5.41) is 9.46. The monoisotopic (exact) mass is 277 g/mol. The molecule has 19 heavy (non-hydrogen) atoms. The fraction of sp³-hybridized carbons (Fsp3) is 0.533. The Bertz CT molecular complexity index is 483. The molecule has 1 aliphatic carbocycles. The fourth-order valence-corrected chi connectivity index (χ4v) is 4.09. The van der Waals surface area contributed by atoms with E-state index in [1.54, 1.807) is 24.1 Å². The standard InChI is InChI=1S/C15H19NO2S/c17-13-7-6-12-9-16(15(18)14(12)8-13)19-10-11-4-2-1-3-5-11/h6-8,11,17H,1-5,9-10H2. The average Bonchev–Trinajstić information content (AvgIpc) is 2.74.